The summed E-state index contributed by atoms with van der Waals surface area (Å²) in [6.45, 7) is 5.58. The average Bonchev–Trinajstić information content (AvgIpc) is 2.77. The van der Waals surface area contributed by atoms with E-state index in [2.05, 4.69) is 15.5 Å². The maximum atomic E-state index is 12.9. The molecule has 11 heteroatoms. The van der Waals surface area contributed by atoms with Gasteiger partial charge in [-0.1, -0.05) is 23.2 Å². The second kappa shape index (κ2) is 12.3. The van der Waals surface area contributed by atoms with Crippen LogP contribution in [0, 0.1) is 0 Å². The van der Waals surface area contributed by atoms with Crippen LogP contribution in [0.25, 0.3) is 0 Å². The zero-order chi connectivity index (χ0) is 24.5. The van der Waals surface area contributed by atoms with Crippen LogP contribution in [0.5, 0.6) is 23.0 Å². The molecule has 0 saturated heterocycles. The van der Waals surface area contributed by atoms with Crippen LogP contribution in [0.2, 0.25) is 10.0 Å². The van der Waals surface area contributed by atoms with E-state index in [0.29, 0.717) is 30.5 Å². The quantitative estimate of drug-likeness (QED) is 0.324. The minimum Gasteiger partial charge on any atom is -0.493 e. The molecule has 1 N–H and O–H groups in total. The molecule has 1 atom stereocenters. The van der Waals surface area contributed by atoms with Gasteiger partial charge >= 0.3 is 0 Å². The lowest BCUT2D eigenvalue weighted by atomic mass is 10.2. The lowest BCUT2D eigenvalue weighted by Crippen LogP contribution is -2.32. The molecule has 1 unspecified atom stereocenters. The highest BCUT2D eigenvalue weighted by Crippen LogP contribution is 2.41. The van der Waals surface area contributed by atoms with Gasteiger partial charge in [-0.2, -0.15) is 10.2 Å². The van der Waals surface area contributed by atoms with Crippen molar-refractivity contribution in [3.63, 3.8) is 0 Å². The van der Waals surface area contributed by atoms with Crippen LogP contribution < -0.4 is 24.3 Å². The van der Waals surface area contributed by atoms with Crippen LogP contribution in [0.15, 0.2) is 34.5 Å². The summed E-state index contributed by atoms with van der Waals surface area (Å²) in [6.07, 6.45) is 0. The molecule has 2 aromatic rings. The van der Waals surface area contributed by atoms with Crippen molar-refractivity contribution in [2.45, 2.75) is 26.8 Å². The number of azo groups is 1. The predicted octanol–water partition coefficient (Wildman–Crippen LogP) is 5.49. The van der Waals surface area contributed by atoms with Crippen molar-refractivity contribution >= 4 is 46.3 Å². The molecule has 0 aromatic heterocycles. The van der Waals surface area contributed by atoms with Crippen molar-refractivity contribution in [3.8, 4) is 23.0 Å². The van der Waals surface area contributed by atoms with Crippen molar-refractivity contribution in [2.24, 2.45) is 10.2 Å². The van der Waals surface area contributed by atoms with Crippen LogP contribution in [0.3, 0.4) is 0 Å². The normalized spacial score (nSPS) is 11.7. The molecule has 178 valence electrons. The zero-order valence-corrected chi connectivity index (χ0v) is 20.4. The minimum atomic E-state index is -1.44. The van der Waals surface area contributed by atoms with E-state index >= 15 is 0 Å². The van der Waals surface area contributed by atoms with E-state index in [1.165, 1.54) is 33.3 Å². The van der Waals surface area contributed by atoms with Gasteiger partial charge in [0, 0.05) is 6.07 Å². The number of ketones is 1. The molecule has 9 nitrogen and oxygen atoms in total. The number of hydrogen-bond acceptors (Lipinski definition) is 8. The van der Waals surface area contributed by atoms with E-state index in [-0.39, 0.29) is 27.2 Å². The fourth-order valence-electron chi connectivity index (χ4n) is 2.77. The molecule has 2 aromatic carbocycles. The van der Waals surface area contributed by atoms with Crippen molar-refractivity contribution in [3.05, 3.63) is 34.3 Å². The van der Waals surface area contributed by atoms with E-state index < -0.39 is 17.7 Å². The Labute approximate surface area is 202 Å². The lowest BCUT2D eigenvalue weighted by Gasteiger charge is -2.16. The molecule has 0 spiro atoms. The number of carbonyl (C=O) groups is 2. The number of Topliss-reactive ketones (excluding diaryl/α,β-unsaturated/α-hetero) is 1. The van der Waals surface area contributed by atoms with E-state index in [0.717, 1.165) is 0 Å². The minimum absolute atomic E-state index is 0.125. The first-order chi connectivity index (χ1) is 15.8. The number of ether oxygens (including phenoxy) is 4. The number of amides is 1. The van der Waals surface area contributed by atoms with Crippen LogP contribution in [-0.2, 0) is 9.59 Å². The number of nitrogens with zero attached hydrogens (tertiary/aromatic N) is 2. The highest BCUT2D eigenvalue weighted by molar-refractivity contribution is 6.34. The number of hydrogen-bond donors (Lipinski definition) is 1. The smallest absolute Gasteiger partial charge is 0.258 e. The van der Waals surface area contributed by atoms with E-state index in [4.69, 9.17) is 42.1 Å². The maximum Gasteiger partial charge on any atom is 0.258 e. The third-order valence-electron chi connectivity index (χ3n) is 4.27. The number of anilines is 1. The summed E-state index contributed by atoms with van der Waals surface area (Å²) in [5.41, 5.74) is 0.466. The largest absolute Gasteiger partial charge is 0.493 e. The first-order valence-electron chi connectivity index (χ1n) is 9.99. The molecule has 1 amide bonds. The van der Waals surface area contributed by atoms with Crippen molar-refractivity contribution in [2.75, 3.05) is 32.8 Å². The van der Waals surface area contributed by atoms with Gasteiger partial charge in [-0.3, -0.25) is 9.59 Å². The van der Waals surface area contributed by atoms with Gasteiger partial charge < -0.3 is 24.3 Å². The van der Waals surface area contributed by atoms with Gasteiger partial charge in [0.05, 0.1) is 38.1 Å². The van der Waals surface area contributed by atoms with Gasteiger partial charge in [0.15, 0.2) is 17.3 Å². The molecular formula is C22H25Cl2N3O6. The third-order valence-corrected chi connectivity index (χ3v) is 4.93. The van der Waals surface area contributed by atoms with Gasteiger partial charge in [-0.15, -0.1) is 0 Å². The molecule has 0 saturated carbocycles. The fourth-order valence-corrected chi connectivity index (χ4v) is 3.26. The van der Waals surface area contributed by atoms with Crippen molar-refractivity contribution in [1.29, 1.82) is 0 Å². The Kier molecular flexibility index (Phi) is 9.74. The second-order valence-corrected chi connectivity index (χ2v) is 7.28. The number of nitrogens with one attached hydrogen (secondary N) is 1. The summed E-state index contributed by atoms with van der Waals surface area (Å²) in [5, 5.41) is 10.9. The molecule has 0 radical (unpaired) electrons. The van der Waals surface area contributed by atoms with Crippen molar-refractivity contribution < 1.29 is 28.5 Å². The Balaban J connectivity index is 2.33. The summed E-state index contributed by atoms with van der Waals surface area (Å²) in [4.78, 5) is 25.0. The summed E-state index contributed by atoms with van der Waals surface area (Å²) in [5.74, 6) is 0.155. The number of halogens is 2. The predicted molar refractivity (Wildman–Crippen MR) is 126 cm³/mol. The number of rotatable bonds is 11. The number of methoxy groups -OCH3 is 2. The van der Waals surface area contributed by atoms with E-state index in [9.17, 15) is 9.59 Å². The Hall–Kier alpha value is -3.04. The molecule has 0 bridgehead atoms. The Morgan fingerprint density at radius 2 is 1.67 bits per heavy atom. The highest BCUT2D eigenvalue weighted by atomic mass is 35.5. The fraction of sp³-hybridized carbons (Fsp3) is 0.364. The standard InChI is InChI=1S/C22H25Cl2N3O6/c1-6-32-17-11-18(33-7-2)15(10-13(17)23)25-22(29)20(12(3)28)27-26-14-8-9-16(30-4)21(31-5)19(14)24/h8-11,20H,6-7H2,1-5H3,(H,25,29). The van der Waals surface area contributed by atoms with Crippen LogP contribution in [-0.4, -0.2) is 45.2 Å². The summed E-state index contributed by atoms with van der Waals surface area (Å²) >= 11 is 12.5. The molecule has 2 rings (SSSR count). The van der Waals surface area contributed by atoms with E-state index in [1.807, 2.05) is 6.92 Å². The monoisotopic (exact) mass is 497 g/mol. The first-order valence-corrected chi connectivity index (χ1v) is 10.7. The summed E-state index contributed by atoms with van der Waals surface area (Å²) < 4.78 is 21.4. The maximum absolute atomic E-state index is 12.9. The molecular weight excluding hydrogens is 473 g/mol. The molecule has 0 aliphatic rings. The van der Waals surface area contributed by atoms with Crippen LogP contribution in [0.1, 0.15) is 20.8 Å². The average molecular weight is 498 g/mol. The topological polar surface area (TPSA) is 108 Å². The van der Waals surface area contributed by atoms with Gasteiger partial charge in [0.1, 0.15) is 22.2 Å². The second-order valence-electron chi connectivity index (χ2n) is 6.50. The molecule has 0 fully saturated rings. The molecule has 0 aliphatic heterocycles. The van der Waals surface area contributed by atoms with E-state index in [1.54, 1.807) is 19.1 Å². The van der Waals surface area contributed by atoms with Crippen LogP contribution >= 0.6 is 23.2 Å². The highest BCUT2D eigenvalue weighted by Gasteiger charge is 2.25. The Morgan fingerprint density at radius 1 is 1.00 bits per heavy atom. The summed E-state index contributed by atoms with van der Waals surface area (Å²) in [6, 6.07) is 4.72. The Morgan fingerprint density at radius 3 is 2.24 bits per heavy atom. The Bertz CT molecular complexity index is 1050. The number of benzene rings is 2. The lowest BCUT2D eigenvalue weighted by molar-refractivity contribution is -0.126. The molecule has 0 heterocycles. The third kappa shape index (κ3) is 6.49. The van der Waals surface area contributed by atoms with Gasteiger partial charge in [0.2, 0.25) is 6.04 Å². The van der Waals surface area contributed by atoms with Crippen molar-refractivity contribution in [1.82, 2.24) is 0 Å². The van der Waals surface area contributed by atoms with Gasteiger partial charge in [-0.25, -0.2) is 0 Å². The zero-order valence-electron chi connectivity index (χ0n) is 18.9. The number of carbonyl (C=O) groups excluding carboxylic acids is 2. The van der Waals surface area contributed by atoms with Gasteiger partial charge in [0.25, 0.3) is 5.91 Å². The van der Waals surface area contributed by atoms with Crippen LogP contribution in [0.4, 0.5) is 11.4 Å². The SMILES string of the molecule is CCOc1cc(OCC)c(NC(=O)C(N=Nc2ccc(OC)c(OC)c2Cl)C(C)=O)cc1Cl. The summed E-state index contributed by atoms with van der Waals surface area (Å²) in [7, 11) is 2.89. The first kappa shape index (κ1) is 26.2. The van der Waals surface area contributed by atoms with Gasteiger partial charge in [-0.05, 0) is 39.0 Å². The molecule has 33 heavy (non-hydrogen) atoms. The molecule has 0 aliphatic carbocycles.